The van der Waals surface area contributed by atoms with Crippen LogP contribution < -0.4 is 10.6 Å². The van der Waals surface area contributed by atoms with E-state index in [1.807, 2.05) is 6.20 Å². The lowest BCUT2D eigenvalue weighted by atomic mass is 9.67. The summed E-state index contributed by atoms with van der Waals surface area (Å²) in [4.78, 5) is 46.3. The Kier molecular flexibility index (Phi) is 8.43. The highest BCUT2D eigenvalue weighted by Crippen LogP contribution is 2.53. The topological polar surface area (TPSA) is 103 Å². The number of halogens is 1. The van der Waals surface area contributed by atoms with Gasteiger partial charge in [0.1, 0.15) is 6.17 Å². The number of fused-ring (bicyclic) bond motifs is 5. The van der Waals surface area contributed by atoms with Crippen LogP contribution in [-0.4, -0.2) is 126 Å². The molecule has 8 rings (SSSR count). The van der Waals surface area contributed by atoms with Gasteiger partial charge < -0.3 is 29.9 Å². The summed E-state index contributed by atoms with van der Waals surface area (Å²) in [6, 6.07) is -0.407. The molecule has 5 aliphatic heterocycles. The van der Waals surface area contributed by atoms with Crippen molar-refractivity contribution in [1.82, 2.24) is 25.3 Å². The van der Waals surface area contributed by atoms with Crippen molar-refractivity contribution in [3.8, 4) is 0 Å². The summed E-state index contributed by atoms with van der Waals surface area (Å²) in [7, 11) is 2.13. The third-order valence-electron chi connectivity index (χ3n) is 13.1. The smallest absolute Gasteiger partial charge is 0.256 e. The van der Waals surface area contributed by atoms with E-state index in [1.54, 1.807) is 0 Å². The van der Waals surface area contributed by atoms with Crippen molar-refractivity contribution in [3.05, 3.63) is 11.8 Å². The summed E-state index contributed by atoms with van der Waals surface area (Å²) >= 11 is 0. The standard InChI is InChI=1S/C35H52FN5O5/c1-19(42)38-20-10-13-40(17-20)32-26(36)14-24-31-34(32)46-30-15-23-22-7-3-4-8-28(22)45-29(23)16-27(30)41(31)18-25(33(24)43)35(44)37-11-9-21-6-5-12-39(21)2/h18,20-24,26-32,34H,3-17H2,1-2H3,(H,37,44)(H,38,42)/t20-,21?,22?,23?,24?,26?,27?,28?,29?,30?,31?,32?,34?/m1/s1. The van der Waals surface area contributed by atoms with Crippen molar-refractivity contribution in [2.24, 2.45) is 17.8 Å². The molecule has 2 amide bonds. The molecule has 10 nitrogen and oxygen atoms in total. The maximum atomic E-state index is 16.5. The van der Waals surface area contributed by atoms with E-state index in [0.29, 0.717) is 43.6 Å². The maximum Gasteiger partial charge on any atom is 0.256 e. The number of nitrogens with one attached hydrogen (secondary N) is 2. The first-order chi connectivity index (χ1) is 22.3. The average Bonchev–Trinajstić information content (AvgIpc) is 3.75. The molecule has 8 aliphatic rings. The van der Waals surface area contributed by atoms with Gasteiger partial charge in [-0.2, -0.15) is 0 Å². The number of ether oxygens (including phenoxy) is 2. The number of hydrogen-bond donors (Lipinski definition) is 2. The molecule has 11 heteroatoms. The number of carbonyl (C=O) groups is 3. The van der Waals surface area contributed by atoms with E-state index in [4.69, 9.17) is 9.47 Å². The molecule has 3 aliphatic carbocycles. The van der Waals surface area contributed by atoms with Gasteiger partial charge in [0.05, 0.1) is 48.1 Å². The van der Waals surface area contributed by atoms with E-state index in [9.17, 15) is 14.4 Å². The molecule has 0 spiro atoms. The number of nitrogens with zero attached hydrogens (tertiary/aromatic N) is 3. The van der Waals surface area contributed by atoms with Gasteiger partial charge in [-0.05, 0) is 83.2 Å². The minimum Gasteiger partial charge on any atom is -0.374 e. The quantitative estimate of drug-likeness (QED) is 0.426. The van der Waals surface area contributed by atoms with E-state index < -0.39 is 24.2 Å². The first-order valence-electron chi connectivity index (χ1n) is 18.2. The van der Waals surface area contributed by atoms with Crippen molar-refractivity contribution in [3.63, 3.8) is 0 Å². The molecule has 4 saturated heterocycles. The Hall–Kier alpha value is -2.08. The van der Waals surface area contributed by atoms with E-state index in [1.165, 1.54) is 32.6 Å². The van der Waals surface area contributed by atoms with Crippen LogP contribution in [0.15, 0.2) is 11.8 Å². The van der Waals surface area contributed by atoms with Gasteiger partial charge in [-0.25, -0.2) is 4.39 Å². The summed E-state index contributed by atoms with van der Waals surface area (Å²) in [5, 5.41) is 6.07. The lowest BCUT2D eigenvalue weighted by molar-refractivity contribution is -0.220. The zero-order chi connectivity index (χ0) is 31.7. The Labute approximate surface area is 272 Å². The molecule has 46 heavy (non-hydrogen) atoms. The highest BCUT2D eigenvalue weighted by atomic mass is 19.1. The molecule has 0 aromatic rings. The predicted octanol–water partition coefficient (Wildman–Crippen LogP) is 2.16. The second kappa shape index (κ2) is 12.4. The van der Waals surface area contributed by atoms with E-state index >= 15 is 4.39 Å². The fourth-order valence-electron chi connectivity index (χ4n) is 11.1. The van der Waals surface area contributed by atoms with Gasteiger partial charge in [-0.15, -0.1) is 0 Å². The van der Waals surface area contributed by atoms with Crippen LogP contribution in [0.3, 0.4) is 0 Å². The van der Waals surface area contributed by atoms with E-state index in [0.717, 1.165) is 45.1 Å². The van der Waals surface area contributed by atoms with Crippen LogP contribution in [0.25, 0.3) is 0 Å². The van der Waals surface area contributed by atoms with Gasteiger partial charge in [0.2, 0.25) is 5.91 Å². The van der Waals surface area contributed by atoms with Gasteiger partial charge >= 0.3 is 0 Å². The van der Waals surface area contributed by atoms with Crippen molar-refractivity contribution < 1.29 is 28.2 Å². The van der Waals surface area contributed by atoms with Crippen LogP contribution >= 0.6 is 0 Å². The number of rotatable bonds is 6. The highest BCUT2D eigenvalue weighted by molar-refractivity contribution is 6.20. The Morgan fingerprint density at radius 2 is 1.80 bits per heavy atom. The van der Waals surface area contributed by atoms with Crippen LogP contribution in [0.1, 0.15) is 77.6 Å². The number of hydrogen-bond acceptors (Lipinski definition) is 8. The summed E-state index contributed by atoms with van der Waals surface area (Å²) in [6.07, 6.45) is 10.9. The van der Waals surface area contributed by atoms with E-state index in [-0.39, 0.29) is 59.9 Å². The zero-order valence-electron chi connectivity index (χ0n) is 27.5. The van der Waals surface area contributed by atoms with E-state index in [2.05, 4.69) is 32.4 Å². The second-order valence-corrected chi connectivity index (χ2v) is 15.7. The zero-order valence-corrected chi connectivity index (χ0v) is 27.5. The molecule has 0 bridgehead atoms. The number of Topliss-reactive ketones (excluding diaryl/α,β-unsaturated/α-hetero) is 1. The Bertz CT molecular complexity index is 1250. The molecule has 7 fully saturated rings. The van der Waals surface area contributed by atoms with Crippen LogP contribution in [0, 0.1) is 17.8 Å². The number of likely N-dealkylation sites (tertiary alicyclic amines) is 2. The molecule has 0 radical (unpaired) electrons. The van der Waals surface area contributed by atoms with Crippen molar-refractivity contribution in [2.45, 2.75) is 138 Å². The minimum atomic E-state index is -1.26. The van der Waals surface area contributed by atoms with Crippen molar-refractivity contribution in [1.29, 1.82) is 0 Å². The summed E-state index contributed by atoms with van der Waals surface area (Å²) < 4.78 is 30.3. The normalized spacial score (nSPS) is 45.4. The molecular weight excluding hydrogens is 589 g/mol. The highest BCUT2D eigenvalue weighted by Gasteiger charge is 2.62. The van der Waals surface area contributed by atoms with Gasteiger partial charge in [0, 0.05) is 50.8 Å². The molecule has 2 N–H and O–H groups in total. The predicted molar refractivity (Wildman–Crippen MR) is 168 cm³/mol. The fourth-order valence-corrected chi connectivity index (χ4v) is 11.1. The summed E-state index contributed by atoms with van der Waals surface area (Å²) in [5.41, 5.74) is 0.168. The van der Waals surface area contributed by atoms with Gasteiger partial charge in [-0.1, -0.05) is 12.8 Å². The van der Waals surface area contributed by atoms with Gasteiger partial charge in [0.25, 0.3) is 5.91 Å². The number of ketones is 1. The Morgan fingerprint density at radius 1 is 0.957 bits per heavy atom. The molecule has 254 valence electrons. The van der Waals surface area contributed by atoms with Gasteiger partial charge in [0.15, 0.2) is 5.78 Å². The lowest BCUT2D eigenvalue weighted by Gasteiger charge is -2.61. The molecule has 13 atom stereocenters. The number of morpholine rings is 1. The first kappa shape index (κ1) is 31.2. The third kappa shape index (κ3) is 5.41. The number of alkyl halides is 1. The molecule has 0 aromatic heterocycles. The van der Waals surface area contributed by atoms with Crippen LogP contribution in [0.5, 0.6) is 0 Å². The lowest BCUT2D eigenvalue weighted by Crippen LogP contribution is -2.73. The molecule has 12 unspecified atom stereocenters. The SMILES string of the molecule is CC(=O)N[C@@H]1CCN(C2C(F)CC3C(=O)C(C(=O)NCCC4CCCN4C)=CN4C5CC6OC7CCCCC7C6CC5OC2C34)C1. The Balaban J connectivity index is 1.08. The number of amides is 2. The summed E-state index contributed by atoms with van der Waals surface area (Å²) in [6.45, 7) is 4.37. The molecule has 0 aromatic carbocycles. The monoisotopic (exact) mass is 641 g/mol. The van der Waals surface area contributed by atoms with Crippen LogP contribution in [-0.2, 0) is 23.9 Å². The summed E-state index contributed by atoms with van der Waals surface area (Å²) in [5.74, 6) is -0.307. The molecule has 3 saturated carbocycles. The Morgan fingerprint density at radius 3 is 2.61 bits per heavy atom. The molecule has 5 heterocycles. The van der Waals surface area contributed by atoms with Crippen molar-refractivity contribution in [2.75, 3.05) is 33.2 Å². The number of carbonyl (C=O) groups excluding carboxylic acids is 3. The minimum absolute atomic E-state index is 0.0172. The second-order valence-electron chi connectivity index (χ2n) is 15.7. The largest absolute Gasteiger partial charge is 0.374 e. The maximum absolute atomic E-state index is 16.5. The fraction of sp³-hybridized carbons (Fsp3) is 0.857. The van der Waals surface area contributed by atoms with Crippen LogP contribution in [0.2, 0.25) is 0 Å². The average molecular weight is 642 g/mol. The van der Waals surface area contributed by atoms with Crippen LogP contribution in [0.4, 0.5) is 4.39 Å². The van der Waals surface area contributed by atoms with Crippen molar-refractivity contribution >= 4 is 17.6 Å². The third-order valence-corrected chi connectivity index (χ3v) is 13.1. The van der Waals surface area contributed by atoms with Gasteiger partial charge in [-0.3, -0.25) is 19.3 Å². The first-order valence-corrected chi connectivity index (χ1v) is 18.2. The molecular formula is C35H52FN5O5.